The number of non-ortho nitro benzene ring substituents is 1. The number of methoxy groups -OCH3 is 1. The van der Waals surface area contributed by atoms with Gasteiger partial charge in [0.05, 0.1) is 17.5 Å². The average molecular weight is 559 g/mol. The summed E-state index contributed by atoms with van der Waals surface area (Å²) in [5, 5.41) is 12.5. The lowest BCUT2D eigenvalue weighted by atomic mass is 10.1. The summed E-state index contributed by atoms with van der Waals surface area (Å²) >= 11 is 0. The van der Waals surface area contributed by atoms with Crippen LogP contribution in [0.3, 0.4) is 0 Å². The predicted molar refractivity (Wildman–Crippen MR) is 152 cm³/mol. The Morgan fingerprint density at radius 1 is 0.951 bits per heavy atom. The van der Waals surface area contributed by atoms with Crippen molar-refractivity contribution in [2.75, 3.05) is 44.7 Å². The summed E-state index contributed by atoms with van der Waals surface area (Å²) in [6, 6.07) is 16.9. The van der Waals surface area contributed by atoms with Crippen LogP contribution in [-0.2, 0) is 13.0 Å². The number of hydrogen-bond donors (Lipinski definition) is 0. The summed E-state index contributed by atoms with van der Waals surface area (Å²) in [7, 11) is 1.62. The van der Waals surface area contributed by atoms with E-state index in [1.54, 1.807) is 19.2 Å². The van der Waals surface area contributed by atoms with Crippen LogP contribution in [0.1, 0.15) is 11.1 Å². The van der Waals surface area contributed by atoms with E-state index in [1.807, 2.05) is 30.3 Å². The minimum Gasteiger partial charge on any atom is -0.497 e. The second-order valence-corrected chi connectivity index (χ2v) is 10.1. The number of anilines is 1. The summed E-state index contributed by atoms with van der Waals surface area (Å²) in [6.07, 6.45) is 2.09. The number of nitro benzene ring substituents is 1. The van der Waals surface area contributed by atoms with Crippen molar-refractivity contribution in [3.63, 3.8) is 0 Å². The fourth-order valence-corrected chi connectivity index (χ4v) is 5.58. The molecule has 9 nitrogen and oxygen atoms in total. The van der Waals surface area contributed by atoms with E-state index in [9.17, 15) is 18.9 Å². The fraction of sp³-hybridized carbons (Fsp3) is 0.267. The van der Waals surface area contributed by atoms with E-state index in [4.69, 9.17) is 4.74 Å². The van der Waals surface area contributed by atoms with Crippen molar-refractivity contribution in [2.24, 2.45) is 0 Å². The quantitative estimate of drug-likeness (QED) is 0.191. The molecule has 0 radical (unpaired) electrons. The zero-order chi connectivity index (χ0) is 28.5. The Balaban J connectivity index is 1.33. The van der Waals surface area contributed by atoms with Crippen LogP contribution < -0.4 is 9.64 Å². The van der Waals surface area contributed by atoms with E-state index in [0.29, 0.717) is 42.5 Å². The maximum absolute atomic E-state index is 13.6. The molecule has 0 atom stereocenters. The first-order chi connectivity index (χ1) is 19.9. The van der Waals surface area contributed by atoms with E-state index >= 15 is 0 Å². The second kappa shape index (κ2) is 11.1. The van der Waals surface area contributed by atoms with Gasteiger partial charge in [-0.3, -0.25) is 15.0 Å². The molecule has 0 amide bonds. The molecule has 210 valence electrons. The SMILES string of the molecule is COc1cccc(Cn2c3cccc([N+](=O)[O-])c3c3ncnc(N4CCN(CCc5ccc(F)c(F)c5)CC4)c32)c1. The third kappa shape index (κ3) is 5.16. The zero-order valence-corrected chi connectivity index (χ0v) is 22.5. The van der Waals surface area contributed by atoms with Crippen LogP contribution in [0.5, 0.6) is 5.75 Å². The topological polar surface area (TPSA) is 89.6 Å². The lowest BCUT2D eigenvalue weighted by Gasteiger charge is -2.35. The number of piperazine rings is 1. The molecular formula is C30H28F2N6O3. The fourth-order valence-electron chi connectivity index (χ4n) is 5.58. The maximum atomic E-state index is 13.6. The summed E-state index contributed by atoms with van der Waals surface area (Å²) in [4.78, 5) is 25.3. The van der Waals surface area contributed by atoms with Gasteiger partial charge >= 0.3 is 0 Å². The predicted octanol–water partition coefficient (Wildman–Crippen LogP) is 5.19. The Kier molecular flexibility index (Phi) is 7.19. The number of aromatic nitrogens is 3. The molecule has 6 rings (SSSR count). The molecule has 3 heterocycles. The minimum atomic E-state index is -0.840. The Morgan fingerprint density at radius 2 is 1.76 bits per heavy atom. The number of rotatable bonds is 8. The Bertz CT molecular complexity index is 1750. The first kappa shape index (κ1) is 26.6. The summed E-state index contributed by atoms with van der Waals surface area (Å²) < 4.78 is 34.4. The number of ether oxygens (including phenoxy) is 1. The largest absolute Gasteiger partial charge is 0.497 e. The van der Waals surface area contributed by atoms with E-state index in [1.165, 1.54) is 18.5 Å². The van der Waals surface area contributed by atoms with Gasteiger partial charge in [-0.05, 0) is 47.9 Å². The smallest absolute Gasteiger partial charge is 0.280 e. The van der Waals surface area contributed by atoms with E-state index in [-0.39, 0.29) is 10.6 Å². The van der Waals surface area contributed by atoms with Gasteiger partial charge < -0.3 is 14.2 Å². The number of fused-ring (bicyclic) bond motifs is 3. The highest BCUT2D eigenvalue weighted by molar-refractivity contribution is 6.13. The number of halogens is 2. The third-order valence-corrected chi connectivity index (χ3v) is 7.67. The molecule has 1 aliphatic heterocycles. The minimum absolute atomic E-state index is 0.00333. The molecule has 3 aromatic carbocycles. The van der Waals surface area contributed by atoms with Gasteiger partial charge in [0.2, 0.25) is 0 Å². The third-order valence-electron chi connectivity index (χ3n) is 7.67. The van der Waals surface area contributed by atoms with Crippen LogP contribution in [0.4, 0.5) is 20.3 Å². The molecule has 0 spiro atoms. The molecule has 1 saturated heterocycles. The Labute approximate surface area is 234 Å². The maximum Gasteiger partial charge on any atom is 0.280 e. The van der Waals surface area contributed by atoms with Gasteiger partial charge in [0.1, 0.15) is 28.5 Å². The number of hydrogen-bond acceptors (Lipinski definition) is 7. The number of benzene rings is 3. The molecule has 1 fully saturated rings. The molecule has 0 unspecified atom stereocenters. The van der Waals surface area contributed by atoms with Crippen LogP contribution in [0.25, 0.3) is 21.9 Å². The van der Waals surface area contributed by atoms with Gasteiger partial charge in [0.25, 0.3) is 5.69 Å². The van der Waals surface area contributed by atoms with Gasteiger partial charge in [-0.2, -0.15) is 0 Å². The normalized spacial score (nSPS) is 14.2. The lowest BCUT2D eigenvalue weighted by molar-refractivity contribution is -0.383. The standard InChI is InChI=1S/C30H28F2N6O3/c1-41-22-5-2-4-21(16-22)18-37-25-6-3-7-26(38(39)40)27(25)28-29(37)30(34-19-33-28)36-14-12-35(13-15-36)11-10-20-8-9-23(31)24(32)17-20/h2-9,16-17,19H,10-15,18H2,1H3. The first-order valence-corrected chi connectivity index (χ1v) is 13.4. The van der Waals surface area contributed by atoms with Crippen LogP contribution in [0.2, 0.25) is 0 Å². The highest BCUT2D eigenvalue weighted by Crippen LogP contribution is 2.38. The average Bonchev–Trinajstić information content (AvgIpc) is 3.31. The van der Waals surface area contributed by atoms with Crippen molar-refractivity contribution >= 4 is 33.4 Å². The van der Waals surface area contributed by atoms with Crippen molar-refractivity contribution in [3.05, 3.63) is 99.9 Å². The summed E-state index contributed by atoms with van der Waals surface area (Å²) in [6.45, 7) is 4.06. The number of nitro groups is 1. The van der Waals surface area contributed by atoms with Crippen LogP contribution in [0.15, 0.2) is 67.0 Å². The molecule has 0 aliphatic carbocycles. The molecule has 0 saturated carbocycles. The van der Waals surface area contributed by atoms with Gasteiger partial charge in [-0.15, -0.1) is 0 Å². The van der Waals surface area contributed by atoms with Crippen molar-refractivity contribution in [2.45, 2.75) is 13.0 Å². The van der Waals surface area contributed by atoms with Gasteiger partial charge in [0.15, 0.2) is 17.5 Å². The van der Waals surface area contributed by atoms with E-state index in [0.717, 1.165) is 53.9 Å². The number of nitrogens with zero attached hydrogens (tertiary/aromatic N) is 6. The molecule has 11 heteroatoms. The van der Waals surface area contributed by atoms with Gasteiger partial charge in [-0.25, -0.2) is 18.7 Å². The Hall–Kier alpha value is -4.64. The van der Waals surface area contributed by atoms with Crippen LogP contribution in [0, 0.1) is 21.7 Å². The first-order valence-electron chi connectivity index (χ1n) is 13.4. The Morgan fingerprint density at radius 3 is 2.51 bits per heavy atom. The van der Waals surface area contributed by atoms with Crippen molar-refractivity contribution in [3.8, 4) is 5.75 Å². The zero-order valence-electron chi connectivity index (χ0n) is 22.5. The monoisotopic (exact) mass is 558 g/mol. The van der Waals surface area contributed by atoms with Gasteiger partial charge in [0, 0.05) is 45.3 Å². The lowest BCUT2D eigenvalue weighted by Crippen LogP contribution is -2.47. The van der Waals surface area contributed by atoms with E-state index < -0.39 is 11.6 Å². The van der Waals surface area contributed by atoms with Gasteiger partial charge in [-0.1, -0.05) is 24.3 Å². The highest BCUT2D eigenvalue weighted by atomic mass is 19.2. The van der Waals surface area contributed by atoms with Crippen molar-refractivity contribution < 1.29 is 18.4 Å². The second-order valence-electron chi connectivity index (χ2n) is 10.1. The summed E-state index contributed by atoms with van der Waals surface area (Å²) in [5.74, 6) is -0.216. The molecule has 2 aromatic heterocycles. The van der Waals surface area contributed by atoms with E-state index in [2.05, 4.69) is 24.3 Å². The van der Waals surface area contributed by atoms with Crippen molar-refractivity contribution in [1.29, 1.82) is 0 Å². The van der Waals surface area contributed by atoms with Crippen LogP contribution in [-0.4, -0.2) is 64.2 Å². The highest BCUT2D eigenvalue weighted by Gasteiger charge is 2.27. The summed E-state index contributed by atoms with van der Waals surface area (Å²) in [5.41, 5.74) is 3.74. The van der Waals surface area contributed by atoms with Crippen molar-refractivity contribution in [1.82, 2.24) is 19.4 Å². The molecule has 1 aliphatic rings. The molecule has 5 aromatic rings. The molecule has 0 N–H and O–H groups in total. The molecular weight excluding hydrogens is 530 g/mol. The molecule has 0 bridgehead atoms. The van der Waals surface area contributed by atoms with Crippen LogP contribution >= 0.6 is 0 Å². The molecule has 41 heavy (non-hydrogen) atoms.